The van der Waals surface area contributed by atoms with Gasteiger partial charge in [0.15, 0.2) is 5.79 Å². The number of hydrogen-bond donors (Lipinski definition) is 0. The molecule has 5 heteroatoms. The molecule has 0 N–H and O–H groups in total. The maximum Gasteiger partial charge on any atom is 0.338 e. The predicted octanol–water partition coefficient (Wildman–Crippen LogP) is 3.11. The maximum atomic E-state index is 15.0. The highest BCUT2D eigenvalue weighted by Crippen LogP contribution is 2.56. The zero-order valence-electron chi connectivity index (χ0n) is 13.0. The first-order chi connectivity index (χ1) is 11.1. The van der Waals surface area contributed by atoms with E-state index in [1.807, 2.05) is 6.07 Å². The molecule has 4 rings (SSSR count). The van der Waals surface area contributed by atoms with Crippen molar-refractivity contribution in [1.82, 2.24) is 0 Å². The predicted molar refractivity (Wildman–Crippen MR) is 80.6 cm³/mol. The van der Waals surface area contributed by atoms with E-state index in [4.69, 9.17) is 14.2 Å². The molecule has 2 aliphatic carbocycles. The van der Waals surface area contributed by atoms with E-state index in [9.17, 15) is 4.79 Å². The highest BCUT2D eigenvalue weighted by atomic mass is 19.1. The zero-order chi connectivity index (χ0) is 15.9. The second-order valence-electron chi connectivity index (χ2n) is 7.04. The van der Waals surface area contributed by atoms with Crippen molar-refractivity contribution in [3.05, 3.63) is 35.9 Å². The van der Waals surface area contributed by atoms with Gasteiger partial charge in [0.1, 0.15) is 12.3 Å². The molecule has 1 aromatic rings. The van der Waals surface area contributed by atoms with Crippen LogP contribution in [0.1, 0.15) is 36.0 Å². The molecule has 124 valence electrons. The Kier molecular flexibility index (Phi) is 3.65. The summed E-state index contributed by atoms with van der Waals surface area (Å²) in [5.74, 6) is -0.405. The highest BCUT2D eigenvalue weighted by molar-refractivity contribution is 5.89. The fraction of sp³-hybridized carbons (Fsp3) is 0.611. The third-order valence-corrected chi connectivity index (χ3v) is 5.35. The Morgan fingerprint density at radius 3 is 2.30 bits per heavy atom. The van der Waals surface area contributed by atoms with Gasteiger partial charge in [-0.2, -0.15) is 0 Å². The lowest BCUT2D eigenvalue weighted by molar-refractivity contribution is -0.157. The molecule has 23 heavy (non-hydrogen) atoms. The number of fused-ring (bicyclic) bond motifs is 1. The Morgan fingerprint density at radius 1 is 1.09 bits per heavy atom. The molecule has 0 amide bonds. The fourth-order valence-corrected chi connectivity index (χ4v) is 4.42. The Bertz CT molecular complexity index is 566. The number of carbonyl (C=O) groups excluding carboxylic acids is 1. The van der Waals surface area contributed by atoms with Crippen molar-refractivity contribution in [2.24, 2.45) is 11.8 Å². The monoisotopic (exact) mass is 320 g/mol. The molecule has 3 aliphatic rings. The largest absolute Gasteiger partial charge is 0.459 e. The van der Waals surface area contributed by atoms with E-state index in [0.29, 0.717) is 31.6 Å². The fourth-order valence-electron chi connectivity index (χ4n) is 4.42. The number of hydrogen-bond acceptors (Lipinski definition) is 4. The molecular weight excluding hydrogens is 299 g/mol. The second kappa shape index (κ2) is 5.56. The summed E-state index contributed by atoms with van der Waals surface area (Å²) in [4.78, 5) is 12.0. The van der Waals surface area contributed by atoms with Crippen molar-refractivity contribution in [1.29, 1.82) is 0 Å². The van der Waals surface area contributed by atoms with Gasteiger partial charge >= 0.3 is 5.97 Å². The van der Waals surface area contributed by atoms with Crippen molar-refractivity contribution in [2.45, 2.75) is 37.1 Å². The van der Waals surface area contributed by atoms with Gasteiger partial charge in [0.25, 0.3) is 0 Å². The first kappa shape index (κ1) is 15.1. The number of carbonyl (C=O) groups is 1. The lowest BCUT2D eigenvalue weighted by Gasteiger charge is -2.26. The molecule has 0 aromatic heterocycles. The van der Waals surface area contributed by atoms with Crippen molar-refractivity contribution in [2.75, 3.05) is 19.8 Å². The summed E-state index contributed by atoms with van der Waals surface area (Å²) in [5, 5.41) is 0. The van der Waals surface area contributed by atoms with Crippen molar-refractivity contribution in [3.8, 4) is 0 Å². The molecule has 2 unspecified atom stereocenters. The molecule has 1 heterocycles. The third kappa shape index (κ3) is 2.88. The average molecular weight is 320 g/mol. The van der Waals surface area contributed by atoms with Gasteiger partial charge < -0.3 is 14.2 Å². The third-order valence-electron chi connectivity index (χ3n) is 5.35. The summed E-state index contributed by atoms with van der Waals surface area (Å²) in [6.07, 6.45) is 2.37. The van der Waals surface area contributed by atoms with E-state index < -0.39 is 17.4 Å². The average Bonchev–Trinajstić information content (AvgIpc) is 3.20. The van der Waals surface area contributed by atoms with E-state index in [-0.39, 0.29) is 18.4 Å². The normalized spacial score (nSPS) is 34.7. The van der Waals surface area contributed by atoms with Crippen LogP contribution in [0.25, 0.3) is 0 Å². The van der Waals surface area contributed by atoms with Crippen LogP contribution in [0.2, 0.25) is 0 Å². The molecule has 4 nitrogen and oxygen atoms in total. The summed E-state index contributed by atoms with van der Waals surface area (Å²) in [7, 11) is 0. The minimum Gasteiger partial charge on any atom is -0.459 e. The van der Waals surface area contributed by atoms with Gasteiger partial charge in [0, 0.05) is 12.8 Å². The van der Waals surface area contributed by atoms with Gasteiger partial charge in [-0.15, -0.1) is 0 Å². The molecular formula is C18H21FO4. The van der Waals surface area contributed by atoms with E-state index in [2.05, 4.69) is 0 Å². The highest BCUT2D eigenvalue weighted by Gasteiger charge is 2.57. The Morgan fingerprint density at radius 2 is 1.70 bits per heavy atom. The SMILES string of the molecule is O=C(OCC1(F)CC2CC3(CC2C1)OCCO3)c1ccccc1. The molecule has 0 radical (unpaired) electrons. The maximum absolute atomic E-state index is 15.0. The van der Waals surface area contributed by atoms with Crippen LogP contribution >= 0.6 is 0 Å². The first-order valence-electron chi connectivity index (χ1n) is 8.27. The van der Waals surface area contributed by atoms with Crippen LogP contribution in [0, 0.1) is 11.8 Å². The van der Waals surface area contributed by atoms with Gasteiger partial charge in [0.05, 0.1) is 18.8 Å². The Labute approximate surface area is 134 Å². The Hall–Kier alpha value is -1.46. The zero-order valence-corrected chi connectivity index (χ0v) is 13.0. The van der Waals surface area contributed by atoms with Crippen LogP contribution < -0.4 is 0 Å². The van der Waals surface area contributed by atoms with Gasteiger partial charge in [-0.25, -0.2) is 9.18 Å². The summed E-state index contributed by atoms with van der Waals surface area (Å²) in [5.41, 5.74) is -0.957. The topological polar surface area (TPSA) is 44.8 Å². The smallest absolute Gasteiger partial charge is 0.338 e. The van der Waals surface area contributed by atoms with Gasteiger partial charge in [-0.05, 0) is 36.8 Å². The minimum atomic E-state index is -1.42. The summed E-state index contributed by atoms with van der Waals surface area (Å²) < 4.78 is 31.7. The van der Waals surface area contributed by atoms with Gasteiger partial charge in [-0.3, -0.25) is 0 Å². The van der Waals surface area contributed by atoms with E-state index in [1.54, 1.807) is 24.3 Å². The van der Waals surface area contributed by atoms with E-state index in [0.717, 1.165) is 12.8 Å². The van der Waals surface area contributed by atoms with E-state index in [1.165, 1.54) is 0 Å². The molecule has 3 fully saturated rings. The molecule has 1 spiro atoms. The molecule has 1 aliphatic heterocycles. The summed E-state index contributed by atoms with van der Waals surface area (Å²) in [6, 6.07) is 8.71. The summed E-state index contributed by atoms with van der Waals surface area (Å²) in [6.45, 7) is 1.10. The van der Waals surface area contributed by atoms with Gasteiger partial charge in [0.2, 0.25) is 0 Å². The first-order valence-corrected chi connectivity index (χ1v) is 8.27. The van der Waals surface area contributed by atoms with Crippen LogP contribution in [0.15, 0.2) is 30.3 Å². The summed E-state index contributed by atoms with van der Waals surface area (Å²) >= 11 is 0. The number of benzene rings is 1. The molecule has 1 saturated heterocycles. The van der Waals surface area contributed by atoms with Gasteiger partial charge in [-0.1, -0.05) is 18.2 Å². The van der Waals surface area contributed by atoms with E-state index >= 15 is 4.39 Å². The standard InChI is InChI=1S/C18H21FO4/c19-17(12-21-16(20)13-4-2-1-3-5-13)8-14-10-18(11-15(14)9-17)22-6-7-23-18/h1-5,14-15H,6-12H2. The minimum absolute atomic E-state index is 0.164. The van der Waals surface area contributed by atoms with Crippen LogP contribution in [0.4, 0.5) is 4.39 Å². The number of ether oxygens (including phenoxy) is 3. The second-order valence-corrected chi connectivity index (χ2v) is 7.04. The van der Waals surface area contributed by atoms with Crippen LogP contribution in [0.5, 0.6) is 0 Å². The number of halogens is 1. The van der Waals surface area contributed by atoms with Crippen molar-refractivity contribution in [3.63, 3.8) is 0 Å². The lowest BCUT2D eigenvalue weighted by Crippen LogP contribution is -2.32. The molecule has 0 bridgehead atoms. The van der Waals surface area contributed by atoms with Crippen LogP contribution in [-0.4, -0.2) is 37.2 Å². The Balaban J connectivity index is 1.34. The molecule has 1 aromatic carbocycles. The number of esters is 1. The van der Waals surface area contributed by atoms with Crippen LogP contribution in [-0.2, 0) is 14.2 Å². The van der Waals surface area contributed by atoms with Crippen molar-refractivity contribution >= 4 is 5.97 Å². The van der Waals surface area contributed by atoms with Crippen molar-refractivity contribution < 1.29 is 23.4 Å². The number of alkyl halides is 1. The number of rotatable bonds is 3. The van der Waals surface area contributed by atoms with Crippen LogP contribution in [0.3, 0.4) is 0 Å². The molecule has 2 atom stereocenters. The molecule has 2 saturated carbocycles. The quantitative estimate of drug-likeness (QED) is 0.803. The lowest BCUT2D eigenvalue weighted by atomic mass is 9.99.